The summed E-state index contributed by atoms with van der Waals surface area (Å²) in [6.07, 6.45) is 0. The van der Waals surface area contributed by atoms with E-state index in [0.717, 1.165) is 12.1 Å². The average molecular weight is 375 g/mol. The summed E-state index contributed by atoms with van der Waals surface area (Å²) in [7, 11) is 0. The number of H-pyrrole nitrogens is 1. The van der Waals surface area contributed by atoms with Gasteiger partial charge >= 0.3 is 17.1 Å². The number of hydrogen-bond acceptors (Lipinski definition) is 9. The van der Waals surface area contributed by atoms with E-state index in [9.17, 15) is 45.3 Å². The van der Waals surface area contributed by atoms with Gasteiger partial charge < -0.3 is 4.98 Å². The van der Waals surface area contributed by atoms with E-state index >= 15 is 0 Å². The van der Waals surface area contributed by atoms with Crippen molar-refractivity contribution in [3.05, 3.63) is 74.9 Å². The number of fused-ring (bicyclic) bond motifs is 2. The number of aromatic nitrogens is 1. The number of benzene rings is 2. The van der Waals surface area contributed by atoms with Gasteiger partial charge in [-0.05, 0) is 6.07 Å². The quantitative estimate of drug-likeness (QED) is 0.402. The number of nitro benzene ring substituents is 4. The van der Waals surface area contributed by atoms with E-state index in [-0.39, 0.29) is 10.9 Å². The molecule has 2 aliphatic rings. The minimum Gasteiger partial charge on any atom is -0.343 e. The number of rotatable bonds is 4. The Morgan fingerprint density at radius 1 is 0.778 bits per heavy atom. The molecule has 14 heteroatoms. The summed E-state index contributed by atoms with van der Waals surface area (Å²) in [5.41, 5.74) is -7.94. The number of hydrogen-bond donors (Lipinski definition) is 1. The number of pyridine rings is 1. The van der Waals surface area contributed by atoms with Crippen LogP contribution < -0.4 is 5.43 Å². The van der Waals surface area contributed by atoms with Gasteiger partial charge in [-0.15, -0.1) is 0 Å². The van der Waals surface area contributed by atoms with Crippen LogP contribution in [0.4, 0.5) is 22.7 Å². The van der Waals surface area contributed by atoms with Crippen LogP contribution in [0.15, 0.2) is 29.1 Å². The summed E-state index contributed by atoms with van der Waals surface area (Å²) in [4.78, 5) is 54.8. The van der Waals surface area contributed by atoms with Crippen molar-refractivity contribution in [1.29, 1.82) is 0 Å². The van der Waals surface area contributed by atoms with Crippen LogP contribution in [0.3, 0.4) is 0 Å². The molecule has 0 atom stereocenters. The molecule has 1 aliphatic carbocycles. The lowest BCUT2D eigenvalue weighted by Gasteiger charge is -2.09. The van der Waals surface area contributed by atoms with Gasteiger partial charge in [0.05, 0.1) is 25.3 Å². The van der Waals surface area contributed by atoms with Crippen molar-refractivity contribution < 1.29 is 19.7 Å². The molecule has 27 heavy (non-hydrogen) atoms. The van der Waals surface area contributed by atoms with E-state index in [1.807, 2.05) is 0 Å². The Bertz CT molecular complexity index is 1210. The number of nitro groups is 4. The van der Waals surface area contributed by atoms with Crippen LogP contribution in [-0.2, 0) is 0 Å². The van der Waals surface area contributed by atoms with Gasteiger partial charge in [0.1, 0.15) is 11.2 Å². The molecule has 1 N–H and O–H groups in total. The van der Waals surface area contributed by atoms with Crippen molar-refractivity contribution in [3.8, 4) is 11.3 Å². The van der Waals surface area contributed by atoms with Crippen molar-refractivity contribution in [2.24, 2.45) is 0 Å². The summed E-state index contributed by atoms with van der Waals surface area (Å²) >= 11 is 0. The van der Waals surface area contributed by atoms with Gasteiger partial charge in [0, 0.05) is 11.5 Å². The Balaban J connectivity index is 2.68. The van der Waals surface area contributed by atoms with Crippen LogP contribution in [0.2, 0.25) is 0 Å². The zero-order valence-corrected chi connectivity index (χ0v) is 12.8. The fourth-order valence-corrected chi connectivity index (χ4v) is 2.74. The molecule has 3 rings (SSSR count). The van der Waals surface area contributed by atoms with E-state index in [2.05, 4.69) is 4.98 Å². The third-order valence-electron chi connectivity index (χ3n) is 3.78. The smallest absolute Gasteiger partial charge is 0.343 e. The molecule has 0 spiro atoms. The van der Waals surface area contributed by atoms with Crippen LogP contribution in [0.5, 0.6) is 0 Å². The summed E-state index contributed by atoms with van der Waals surface area (Å²) in [6, 6.07) is 4.66. The van der Waals surface area contributed by atoms with Gasteiger partial charge in [-0.1, -0.05) is 12.1 Å². The van der Waals surface area contributed by atoms with Gasteiger partial charge in [-0.25, -0.2) is 0 Å². The molecule has 136 valence electrons. The maximum Gasteiger partial charge on any atom is 0.428 e. The highest BCUT2D eigenvalue weighted by Gasteiger charge is 2.45. The van der Waals surface area contributed by atoms with Crippen molar-refractivity contribution in [2.45, 2.75) is 0 Å². The Morgan fingerprint density at radius 2 is 1.37 bits per heavy atom. The molecule has 1 aromatic carbocycles. The Hall–Kier alpha value is -4.49. The van der Waals surface area contributed by atoms with E-state index in [1.165, 1.54) is 12.1 Å². The van der Waals surface area contributed by atoms with E-state index in [0.29, 0.717) is 0 Å². The average Bonchev–Trinajstić information content (AvgIpc) is 2.58. The molecule has 14 nitrogen and oxygen atoms in total. The van der Waals surface area contributed by atoms with Crippen molar-refractivity contribution >= 4 is 33.7 Å². The molecule has 0 unspecified atom stereocenters. The normalized spacial score (nSPS) is 10.8. The number of nitrogens with one attached hydrogen (secondary N) is 1. The van der Waals surface area contributed by atoms with Gasteiger partial charge in [0.2, 0.25) is 0 Å². The first kappa shape index (κ1) is 17.3. The molecule has 0 amide bonds. The molecule has 0 bridgehead atoms. The van der Waals surface area contributed by atoms with Crippen LogP contribution >= 0.6 is 0 Å². The summed E-state index contributed by atoms with van der Waals surface area (Å²) in [6.45, 7) is 0. The van der Waals surface area contributed by atoms with Gasteiger partial charge in [-0.2, -0.15) is 0 Å². The van der Waals surface area contributed by atoms with Crippen molar-refractivity contribution in [1.82, 2.24) is 4.98 Å². The van der Waals surface area contributed by atoms with E-state index < -0.39 is 59.1 Å². The zero-order valence-electron chi connectivity index (χ0n) is 12.8. The fraction of sp³-hybridized carbons (Fsp3) is 0. The predicted molar refractivity (Wildman–Crippen MR) is 87.8 cm³/mol. The second kappa shape index (κ2) is 5.80. The minimum absolute atomic E-state index is 0.0613. The molecule has 1 heterocycles. The summed E-state index contributed by atoms with van der Waals surface area (Å²) in [5.74, 6) is 0. The Labute approximate surface area is 145 Å². The van der Waals surface area contributed by atoms with E-state index in [4.69, 9.17) is 0 Å². The van der Waals surface area contributed by atoms with Crippen molar-refractivity contribution in [2.75, 3.05) is 0 Å². The molecular weight excluding hydrogens is 370 g/mol. The monoisotopic (exact) mass is 375 g/mol. The highest BCUT2D eigenvalue weighted by Crippen LogP contribution is 2.43. The third kappa shape index (κ3) is 2.48. The lowest BCUT2D eigenvalue weighted by atomic mass is 10.0. The van der Waals surface area contributed by atoms with Crippen LogP contribution in [-0.4, -0.2) is 24.7 Å². The highest BCUT2D eigenvalue weighted by molar-refractivity contribution is 5.95. The van der Waals surface area contributed by atoms with Gasteiger partial charge in [-0.3, -0.25) is 45.3 Å². The lowest BCUT2D eigenvalue weighted by molar-refractivity contribution is -0.441. The number of non-ortho nitro benzene ring substituents is 1. The molecule has 0 saturated heterocycles. The molecule has 1 aromatic rings. The highest BCUT2D eigenvalue weighted by atomic mass is 16.7. The number of nitrogens with zero attached hydrogens (tertiary/aromatic N) is 4. The molecule has 0 radical (unpaired) electrons. The van der Waals surface area contributed by atoms with Gasteiger partial charge in [0.25, 0.3) is 11.1 Å². The second-order valence-corrected chi connectivity index (χ2v) is 5.20. The van der Waals surface area contributed by atoms with Crippen LogP contribution in [0.1, 0.15) is 0 Å². The maximum absolute atomic E-state index is 12.4. The molecule has 1 aliphatic heterocycles. The number of aromatic amines is 1. The Morgan fingerprint density at radius 3 is 1.89 bits per heavy atom. The second-order valence-electron chi connectivity index (χ2n) is 5.20. The fourth-order valence-electron chi connectivity index (χ4n) is 2.74. The van der Waals surface area contributed by atoms with Gasteiger partial charge in [0.15, 0.2) is 0 Å². The summed E-state index contributed by atoms with van der Waals surface area (Å²) < 4.78 is 0. The molecule has 0 aromatic heterocycles. The molecule has 0 fully saturated rings. The lowest BCUT2D eigenvalue weighted by Crippen LogP contribution is -2.17. The molecule has 0 saturated carbocycles. The first-order chi connectivity index (χ1) is 12.6. The Kier molecular flexibility index (Phi) is 3.72. The maximum atomic E-state index is 12.4. The zero-order chi connectivity index (χ0) is 20.0. The largest absolute Gasteiger partial charge is 0.428 e. The first-order valence-electron chi connectivity index (χ1n) is 6.88. The first-order valence-corrected chi connectivity index (χ1v) is 6.88. The molecular formula is C13H5N5O9. The van der Waals surface area contributed by atoms with Crippen molar-refractivity contribution in [3.63, 3.8) is 0 Å². The SMILES string of the molecule is O=c1c2cc3cccc([N+](=O)[O-])c3[nH]c-2c([N+](=O)[O-])c([N+](=O)[O-])c1[N+](=O)[O-]. The van der Waals surface area contributed by atoms with E-state index in [1.54, 1.807) is 0 Å². The minimum atomic E-state index is -1.60. The third-order valence-corrected chi connectivity index (χ3v) is 3.78. The van der Waals surface area contributed by atoms with Crippen LogP contribution in [0, 0.1) is 40.5 Å². The number of para-hydroxylation sites is 1. The predicted octanol–water partition coefficient (Wildman–Crippen LogP) is 2.27. The van der Waals surface area contributed by atoms with Crippen LogP contribution in [0.25, 0.3) is 22.2 Å². The summed E-state index contributed by atoms with van der Waals surface area (Å²) in [5, 5.41) is 45.0. The topological polar surface area (TPSA) is 205 Å². The standard InChI is InChI=1S/C13H5N5O9/c19-13-6-4-5-2-1-3-7(15(20)21)8(5)14-9(6)10(16(22)23)11(17(24)25)12(13)18(26)27/h1-4,14H.